The van der Waals surface area contributed by atoms with Gasteiger partial charge in [0.2, 0.25) is 0 Å². The van der Waals surface area contributed by atoms with Crippen LogP contribution in [-0.2, 0) is 6.54 Å². The summed E-state index contributed by atoms with van der Waals surface area (Å²) >= 11 is 0. The molecule has 0 spiro atoms. The Bertz CT molecular complexity index is 424. The van der Waals surface area contributed by atoms with Gasteiger partial charge in [0.15, 0.2) is 0 Å². The molecule has 2 aliphatic rings. The highest BCUT2D eigenvalue weighted by Gasteiger charge is 2.21. The van der Waals surface area contributed by atoms with E-state index in [-0.39, 0.29) is 0 Å². The second kappa shape index (κ2) is 6.55. The van der Waals surface area contributed by atoms with Crippen molar-refractivity contribution >= 4 is 5.69 Å². The van der Waals surface area contributed by atoms with Gasteiger partial charge in [0, 0.05) is 56.4 Å². The third kappa shape index (κ3) is 3.70. The Morgan fingerprint density at radius 1 is 1.35 bits per heavy atom. The summed E-state index contributed by atoms with van der Waals surface area (Å²) in [6.07, 6.45) is 9.32. The number of anilines is 1. The van der Waals surface area contributed by atoms with Gasteiger partial charge in [0.05, 0.1) is 0 Å². The molecule has 20 heavy (non-hydrogen) atoms. The van der Waals surface area contributed by atoms with E-state index in [9.17, 15) is 0 Å². The van der Waals surface area contributed by atoms with Gasteiger partial charge in [-0.1, -0.05) is 0 Å². The molecule has 0 amide bonds. The summed E-state index contributed by atoms with van der Waals surface area (Å²) in [6, 6.07) is 2.89. The summed E-state index contributed by atoms with van der Waals surface area (Å²) in [5.74, 6) is 0. The molecule has 1 aliphatic carbocycles. The van der Waals surface area contributed by atoms with Crippen molar-refractivity contribution < 1.29 is 0 Å². The number of likely N-dealkylation sites (N-methyl/N-ethyl adjacent to an activating group) is 1. The van der Waals surface area contributed by atoms with E-state index in [1.54, 1.807) is 0 Å². The smallest absolute Gasteiger partial charge is 0.0440 e. The maximum Gasteiger partial charge on any atom is 0.0440 e. The van der Waals surface area contributed by atoms with Gasteiger partial charge < -0.3 is 15.1 Å². The van der Waals surface area contributed by atoms with Crippen molar-refractivity contribution in [2.75, 3.05) is 38.1 Å². The summed E-state index contributed by atoms with van der Waals surface area (Å²) in [4.78, 5) is 9.23. The zero-order valence-electron chi connectivity index (χ0n) is 12.5. The van der Waals surface area contributed by atoms with E-state index in [1.807, 2.05) is 12.4 Å². The Hall–Kier alpha value is -1.13. The highest BCUT2D eigenvalue weighted by molar-refractivity contribution is 5.51. The van der Waals surface area contributed by atoms with Crippen molar-refractivity contribution in [3.63, 3.8) is 0 Å². The van der Waals surface area contributed by atoms with Crippen molar-refractivity contribution in [3.8, 4) is 0 Å². The van der Waals surface area contributed by atoms with Gasteiger partial charge in [-0.2, -0.15) is 0 Å². The van der Waals surface area contributed by atoms with Crippen molar-refractivity contribution in [2.45, 2.75) is 38.3 Å². The van der Waals surface area contributed by atoms with E-state index < -0.39 is 0 Å². The van der Waals surface area contributed by atoms with Gasteiger partial charge in [0.1, 0.15) is 0 Å². The van der Waals surface area contributed by atoms with Gasteiger partial charge in [-0.25, -0.2) is 0 Å². The second-order valence-electron chi connectivity index (χ2n) is 6.13. The van der Waals surface area contributed by atoms with E-state index in [0.717, 1.165) is 19.1 Å². The molecule has 1 saturated heterocycles. The predicted octanol–water partition coefficient (Wildman–Crippen LogP) is 1.87. The van der Waals surface area contributed by atoms with E-state index in [4.69, 9.17) is 0 Å². The Morgan fingerprint density at radius 2 is 2.15 bits per heavy atom. The summed E-state index contributed by atoms with van der Waals surface area (Å²) in [6.45, 7) is 5.78. The van der Waals surface area contributed by atoms with Crippen LogP contribution in [0.3, 0.4) is 0 Å². The minimum Gasteiger partial charge on any atom is -0.373 e. The predicted molar refractivity (Wildman–Crippen MR) is 83.0 cm³/mol. The summed E-state index contributed by atoms with van der Waals surface area (Å²) in [5.41, 5.74) is 2.65. The van der Waals surface area contributed by atoms with Crippen LogP contribution in [0.15, 0.2) is 18.5 Å². The zero-order valence-corrected chi connectivity index (χ0v) is 12.5. The van der Waals surface area contributed by atoms with Gasteiger partial charge in [-0.05, 0) is 44.8 Å². The van der Waals surface area contributed by atoms with Crippen LogP contribution in [0.5, 0.6) is 0 Å². The van der Waals surface area contributed by atoms with Crippen LogP contribution >= 0.6 is 0 Å². The number of rotatable bonds is 7. The number of hydrogen-bond acceptors (Lipinski definition) is 4. The summed E-state index contributed by atoms with van der Waals surface area (Å²) in [5, 5.41) is 3.59. The molecule has 0 atom stereocenters. The number of nitrogens with one attached hydrogen (secondary N) is 1. The van der Waals surface area contributed by atoms with Crippen LogP contribution in [0, 0.1) is 0 Å². The van der Waals surface area contributed by atoms with E-state index in [1.165, 1.54) is 56.6 Å². The first kappa shape index (κ1) is 13.8. The average molecular weight is 274 g/mol. The molecule has 1 aromatic rings. The van der Waals surface area contributed by atoms with Gasteiger partial charge >= 0.3 is 0 Å². The number of nitrogens with zero attached hydrogens (tertiary/aromatic N) is 3. The monoisotopic (exact) mass is 274 g/mol. The second-order valence-corrected chi connectivity index (χ2v) is 6.13. The van der Waals surface area contributed by atoms with Crippen molar-refractivity contribution in [1.82, 2.24) is 15.2 Å². The fraction of sp³-hybridized carbons (Fsp3) is 0.688. The average Bonchev–Trinajstić information content (AvgIpc) is 3.17. The largest absolute Gasteiger partial charge is 0.373 e. The number of hydrogen-bond donors (Lipinski definition) is 1. The first-order chi connectivity index (χ1) is 9.83. The number of aromatic nitrogens is 1. The molecule has 4 nitrogen and oxygen atoms in total. The first-order valence-corrected chi connectivity index (χ1v) is 7.93. The standard InChI is InChI=1S/C16H26N4/c1-19(10-11-20-8-2-3-9-20)16-6-7-17-12-14(16)13-18-15-4-5-15/h6-7,12,15,18H,2-5,8-11,13H2,1H3. The Balaban J connectivity index is 1.55. The fourth-order valence-corrected chi connectivity index (χ4v) is 2.89. The molecule has 3 rings (SSSR count). The third-order valence-corrected chi connectivity index (χ3v) is 4.40. The molecule has 1 N–H and O–H groups in total. The Morgan fingerprint density at radius 3 is 2.90 bits per heavy atom. The van der Waals surface area contributed by atoms with E-state index >= 15 is 0 Å². The van der Waals surface area contributed by atoms with Crippen LogP contribution in [0.2, 0.25) is 0 Å². The van der Waals surface area contributed by atoms with Crippen molar-refractivity contribution in [2.24, 2.45) is 0 Å². The van der Waals surface area contributed by atoms with Gasteiger partial charge in [0.25, 0.3) is 0 Å². The van der Waals surface area contributed by atoms with Crippen LogP contribution in [0.25, 0.3) is 0 Å². The molecule has 0 aromatic carbocycles. The molecular formula is C16H26N4. The molecule has 0 radical (unpaired) electrons. The topological polar surface area (TPSA) is 31.4 Å². The summed E-state index contributed by atoms with van der Waals surface area (Å²) in [7, 11) is 2.20. The lowest BCUT2D eigenvalue weighted by Gasteiger charge is -2.25. The molecule has 1 aromatic heterocycles. The van der Waals surface area contributed by atoms with Crippen LogP contribution in [-0.4, -0.2) is 49.2 Å². The molecule has 4 heteroatoms. The lowest BCUT2D eigenvalue weighted by Crippen LogP contribution is -2.32. The fourth-order valence-electron chi connectivity index (χ4n) is 2.89. The van der Waals surface area contributed by atoms with Crippen LogP contribution in [0.1, 0.15) is 31.2 Å². The van der Waals surface area contributed by atoms with Crippen LogP contribution < -0.4 is 10.2 Å². The third-order valence-electron chi connectivity index (χ3n) is 4.40. The Labute approximate surface area is 122 Å². The van der Waals surface area contributed by atoms with Gasteiger partial charge in [-0.3, -0.25) is 4.98 Å². The number of pyridine rings is 1. The molecule has 2 fully saturated rings. The lowest BCUT2D eigenvalue weighted by molar-refractivity contribution is 0.346. The normalized spacial score (nSPS) is 19.4. The zero-order chi connectivity index (χ0) is 13.8. The molecule has 0 bridgehead atoms. The maximum absolute atomic E-state index is 4.29. The van der Waals surface area contributed by atoms with Crippen molar-refractivity contribution in [1.29, 1.82) is 0 Å². The van der Waals surface area contributed by atoms with E-state index in [2.05, 4.69) is 33.2 Å². The lowest BCUT2D eigenvalue weighted by atomic mass is 10.2. The maximum atomic E-state index is 4.29. The molecule has 1 saturated carbocycles. The molecule has 0 unspecified atom stereocenters. The summed E-state index contributed by atoms with van der Waals surface area (Å²) < 4.78 is 0. The van der Waals surface area contributed by atoms with Gasteiger partial charge in [-0.15, -0.1) is 0 Å². The van der Waals surface area contributed by atoms with Crippen molar-refractivity contribution in [3.05, 3.63) is 24.0 Å². The van der Waals surface area contributed by atoms with E-state index in [0.29, 0.717) is 0 Å². The minimum atomic E-state index is 0.748. The SMILES string of the molecule is CN(CCN1CCCC1)c1ccncc1CNC1CC1. The number of likely N-dealkylation sites (tertiary alicyclic amines) is 1. The highest BCUT2D eigenvalue weighted by Crippen LogP contribution is 2.22. The Kier molecular flexibility index (Phi) is 4.53. The molecule has 110 valence electrons. The molecule has 1 aliphatic heterocycles. The highest BCUT2D eigenvalue weighted by atomic mass is 15.2. The van der Waals surface area contributed by atoms with Crippen LogP contribution in [0.4, 0.5) is 5.69 Å². The molecular weight excluding hydrogens is 248 g/mol. The quantitative estimate of drug-likeness (QED) is 0.822. The molecule has 2 heterocycles. The first-order valence-electron chi connectivity index (χ1n) is 7.93. The minimum absolute atomic E-state index is 0.748.